The molecule has 2 atom stereocenters. The van der Waals surface area contributed by atoms with Crippen molar-refractivity contribution in [2.45, 2.75) is 95.9 Å². The predicted octanol–water partition coefficient (Wildman–Crippen LogP) is 4.50. The molecule has 1 aliphatic rings. The highest BCUT2D eigenvalue weighted by Gasteiger charge is 2.35. The quantitative estimate of drug-likeness (QED) is 0.145. The van der Waals surface area contributed by atoms with Crippen LogP contribution in [0.3, 0.4) is 0 Å². The first-order chi connectivity index (χ1) is 17.7. The molecule has 0 radical (unpaired) electrons. The van der Waals surface area contributed by atoms with Gasteiger partial charge in [0.05, 0.1) is 16.7 Å². The fourth-order valence-corrected chi connectivity index (χ4v) is 5.71. The number of carboxylic acid groups (broad SMARTS) is 1. The van der Waals surface area contributed by atoms with Crippen molar-refractivity contribution in [2.75, 3.05) is 18.8 Å². The molecule has 10 heteroatoms. The normalized spacial score (nSPS) is 17.6. The van der Waals surface area contributed by atoms with Crippen LogP contribution in [0.4, 0.5) is 0 Å². The molecule has 9 nitrogen and oxygen atoms in total. The number of thioether (sulfide) groups is 1. The van der Waals surface area contributed by atoms with Gasteiger partial charge in [-0.05, 0) is 50.2 Å². The molecule has 210 valence electrons. The Morgan fingerprint density at radius 2 is 1.68 bits per heavy atom. The molecule has 0 spiro atoms. The zero-order valence-corrected chi connectivity index (χ0v) is 23.2. The number of carbonyl (C=O) groups excluding carboxylic acids is 2. The van der Waals surface area contributed by atoms with Gasteiger partial charge in [0, 0.05) is 32.1 Å². The Balaban J connectivity index is 1.59. The molecule has 1 saturated carbocycles. The third-order valence-corrected chi connectivity index (χ3v) is 8.01. The van der Waals surface area contributed by atoms with E-state index in [1.807, 2.05) is 0 Å². The molecule has 1 aromatic heterocycles. The van der Waals surface area contributed by atoms with Gasteiger partial charge in [-0.15, -0.1) is 11.8 Å². The second kappa shape index (κ2) is 16.5. The Bertz CT molecular complexity index is 873. The molecule has 1 heterocycles. The highest BCUT2D eigenvalue weighted by atomic mass is 32.2. The third-order valence-electron chi connectivity index (χ3n) is 6.90. The summed E-state index contributed by atoms with van der Waals surface area (Å²) in [7, 11) is 0. The van der Waals surface area contributed by atoms with Gasteiger partial charge in [0.15, 0.2) is 5.88 Å². The average molecular weight is 540 g/mol. The molecule has 37 heavy (non-hydrogen) atoms. The van der Waals surface area contributed by atoms with Crippen molar-refractivity contribution in [3.63, 3.8) is 0 Å². The standard InChI is InChI=1S/C27H45N3O6S/c1-19(2)10-9-15-28-23(31)13-16-30-24(32)18-22(26(30)34)37-17-8-4-3-7-14-29-25(33)20-11-5-6-12-21(20)27(35)36/h18-21,32,34H,3-17H2,1-2H3,(H,28,31)(H,29,33)(H,35,36). The number of hydrogen-bond acceptors (Lipinski definition) is 6. The fraction of sp³-hybridized carbons (Fsp3) is 0.741. The summed E-state index contributed by atoms with van der Waals surface area (Å²) < 4.78 is 1.36. The lowest BCUT2D eigenvalue weighted by atomic mass is 9.78. The molecule has 0 aromatic carbocycles. The van der Waals surface area contributed by atoms with Gasteiger partial charge in [-0.25, -0.2) is 0 Å². The van der Waals surface area contributed by atoms with E-state index in [0.29, 0.717) is 36.7 Å². The van der Waals surface area contributed by atoms with Gasteiger partial charge >= 0.3 is 5.97 Å². The van der Waals surface area contributed by atoms with Crippen LogP contribution in [-0.2, 0) is 20.9 Å². The molecule has 5 N–H and O–H groups in total. The highest BCUT2D eigenvalue weighted by Crippen LogP contribution is 2.36. The summed E-state index contributed by atoms with van der Waals surface area (Å²) in [4.78, 5) is 36.4. The topological polar surface area (TPSA) is 141 Å². The number of hydrogen-bond donors (Lipinski definition) is 5. The van der Waals surface area contributed by atoms with Crippen LogP contribution in [0, 0.1) is 17.8 Å². The summed E-state index contributed by atoms with van der Waals surface area (Å²) >= 11 is 1.47. The molecular weight excluding hydrogens is 494 g/mol. The van der Waals surface area contributed by atoms with E-state index in [-0.39, 0.29) is 36.5 Å². The van der Waals surface area contributed by atoms with Crippen molar-refractivity contribution in [3.05, 3.63) is 6.07 Å². The van der Waals surface area contributed by atoms with Gasteiger partial charge < -0.3 is 26.0 Å². The molecule has 1 aliphatic carbocycles. The number of unbranched alkanes of at least 4 members (excludes halogenated alkanes) is 3. The number of aromatic nitrogens is 1. The van der Waals surface area contributed by atoms with E-state index in [9.17, 15) is 29.7 Å². The predicted molar refractivity (Wildman–Crippen MR) is 145 cm³/mol. The van der Waals surface area contributed by atoms with Crippen LogP contribution in [0.25, 0.3) is 0 Å². The van der Waals surface area contributed by atoms with Crippen LogP contribution in [0.5, 0.6) is 11.8 Å². The number of carboxylic acids is 1. The lowest BCUT2D eigenvalue weighted by Crippen LogP contribution is -2.40. The molecule has 0 saturated heterocycles. The van der Waals surface area contributed by atoms with Crippen LogP contribution < -0.4 is 10.6 Å². The number of nitrogens with zero attached hydrogens (tertiary/aromatic N) is 1. The zero-order valence-electron chi connectivity index (χ0n) is 22.3. The van der Waals surface area contributed by atoms with Gasteiger partial charge in [-0.3, -0.25) is 19.0 Å². The van der Waals surface area contributed by atoms with E-state index in [1.165, 1.54) is 22.4 Å². The number of aromatic hydroxyl groups is 2. The van der Waals surface area contributed by atoms with E-state index < -0.39 is 17.8 Å². The van der Waals surface area contributed by atoms with Gasteiger partial charge in [-0.1, -0.05) is 39.5 Å². The second-order valence-electron chi connectivity index (χ2n) is 10.4. The number of nitrogens with one attached hydrogen (secondary N) is 2. The lowest BCUT2D eigenvalue weighted by molar-refractivity contribution is -0.148. The zero-order chi connectivity index (χ0) is 27.2. The molecule has 1 fully saturated rings. The monoisotopic (exact) mass is 539 g/mol. The van der Waals surface area contributed by atoms with Gasteiger partial charge in [-0.2, -0.15) is 0 Å². The van der Waals surface area contributed by atoms with Gasteiger partial charge in [0.2, 0.25) is 17.7 Å². The minimum absolute atomic E-state index is 0.0137. The SMILES string of the molecule is CC(C)CCCNC(=O)CCn1c(O)cc(SCCCCCCNC(=O)C2CCCCC2C(=O)O)c1O. The minimum Gasteiger partial charge on any atom is -0.494 e. The first kappa shape index (κ1) is 30.9. The molecule has 2 unspecified atom stereocenters. The molecule has 1 aromatic rings. The Morgan fingerprint density at radius 3 is 2.38 bits per heavy atom. The molecule has 2 amide bonds. The smallest absolute Gasteiger partial charge is 0.307 e. The first-order valence-electron chi connectivity index (χ1n) is 13.7. The van der Waals surface area contributed by atoms with Crippen molar-refractivity contribution in [2.24, 2.45) is 17.8 Å². The van der Waals surface area contributed by atoms with E-state index in [1.54, 1.807) is 0 Å². The van der Waals surface area contributed by atoms with Crippen LogP contribution in [0.2, 0.25) is 0 Å². The summed E-state index contributed by atoms with van der Waals surface area (Å²) in [5.41, 5.74) is 0. The number of carbonyl (C=O) groups is 3. The molecule has 0 bridgehead atoms. The van der Waals surface area contributed by atoms with Crippen LogP contribution >= 0.6 is 11.8 Å². The van der Waals surface area contributed by atoms with E-state index in [2.05, 4.69) is 24.5 Å². The number of aliphatic carboxylic acids is 1. The lowest BCUT2D eigenvalue weighted by Gasteiger charge is -2.27. The van der Waals surface area contributed by atoms with Gasteiger partial charge in [0.25, 0.3) is 0 Å². The van der Waals surface area contributed by atoms with Crippen LogP contribution in [-0.4, -0.2) is 56.5 Å². The Kier molecular flexibility index (Phi) is 13.7. The maximum absolute atomic E-state index is 12.4. The Labute approximate surface area is 224 Å². The summed E-state index contributed by atoms with van der Waals surface area (Å²) in [5.74, 6) is -0.751. The Hall–Kier alpha value is -2.36. The third kappa shape index (κ3) is 10.9. The van der Waals surface area contributed by atoms with E-state index in [4.69, 9.17) is 0 Å². The van der Waals surface area contributed by atoms with Crippen molar-refractivity contribution < 1.29 is 29.7 Å². The first-order valence-corrected chi connectivity index (χ1v) is 14.7. The summed E-state index contributed by atoms with van der Waals surface area (Å²) in [6.07, 6.45) is 8.86. The van der Waals surface area contributed by atoms with E-state index in [0.717, 1.165) is 57.1 Å². The molecule has 0 aliphatic heterocycles. The summed E-state index contributed by atoms with van der Waals surface area (Å²) in [5, 5.41) is 35.8. The summed E-state index contributed by atoms with van der Waals surface area (Å²) in [6.45, 7) is 5.70. The highest BCUT2D eigenvalue weighted by molar-refractivity contribution is 7.99. The molecular formula is C27H45N3O6S. The number of rotatable bonds is 17. The van der Waals surface area contributed by atoms with Crippen LogP contribution in [0.1, 0.15) is 84.5 Å². The maximum Gasteiger partial charge on any atom is 0.307 e. The van der Waals surface area contributed by atoms with Crippen molar-refractivity contribution in [3.8, 4) is 11.8 Å². The maximum atomic E-state index is 12.4. The molecule has 2 rings (SSSR count). The number of amides is 2. The van der Waals surface area contributed by atoms with Crippen molar-refractivity contribution >= 4 is 29.5 Å². The van der Waals surface area contributed by atoms with Gasteiger partial charge in [0.1, 0.15) is 0 Å². The van der Waals surface area contributed by atoms with Crippen molar-refractivity contribution in [1.29, 1.82) is 0 Å². The van der Waals surface area contributed by atoms with Crippen molar-refractivity contribution in [1.82, 2.24) is 15.2 Å². The minimum atomic E-state index is -0.870. The average Bonchev–Trinajstić information content (AvgIpc) is 3.13. The fourth-order valence-electron chi connectivity index (χ4n) is 4.71. The Morgan fingerprint density at radius 1 is 1.00 bits per heavy atom. The second-order valence-corrected chi connectivity index (χ2v) is 11.5. The van der Waals surface area contributed by atoms with E-state index >= 15 is 0 Å². The largest absolute Gasteiger partial charge is 0.494 e. The summed E-state index contributed by atoms with van der Waals surface area (Å²) in [6, 6.07) is 1.53. The van der Waals surface area contributed by atoms with Crippen LogP contribution in [0.15, 0.2) is 11.0 Å².